The van der Waals surface area contributed by atoms with Crippen LogP contribution in [-0.2, 0) is 30.6 Å². The van der Waals surface area contributed by atoms with Gasteiger partial charge < -0.3 is 5.32 Å². The van der Waals surface area contributed by atoms with Gasteiger partial charge in [0.25, 0.3) is 0 Å². The van der Waals surface area contributed by atoms with E-state index in [0.717, 1.165) is 28.1 Å². The van der Waals surface area contributed by atoms with Gasteiger partial charge in [-0.05, 0) is 17.2 Å². The predicted molar refractivity (Wildman–Crippen MR) is 84.6 cm³/mol. The van der Waals surface area contributed by atoms with Crippen molar-refractivity contribution in [3.05, 3.63) is 66.0 Å². The first-order chi connectivity index (χ1) is 12.4. The molecule has 2 aromatic heterocycles. The number of amides is 1. The molecule has 1 N–H and O–H groups in total. The minimum absolute atomic E-state index is 0.274. The van der Waals surface area contributed by atoms with Crippen molar-refractivity contribution in [3.63, 3.8) is 0 Å². The molecule has 3 rings (SSSR count). The number of carbonyl (C=O) groups is 1. The molecule has 0 aliphatic heterocycles. The van der Waals surface area contributed by atoms with Crippen molar-refractivity contribution in [2.24, 2.45) is 0 Å². The molecule has 0 spiro atoms. The Balaban J connectivity index is 1.49. The van der Waals surface area contributed by atoms with Crippen LogP contribution in [-0.4, -0.2) is 30.5 Å². The minimum atomic E-state index is -4.52. The summed E-state index contributed by atoms with van der Waals surface area (Å²) in [6.45, 7) is 0.587. The summed E-state index contributed by atoms with van der Waals surface area (Å²) in [6.07, 6.45) is -0.314. The highest BCUT2D eigenvalue weighted by molar-refractivity contribution is 5.75. The number of halogens is 3. The first-order valence-corrected chi connectivity index (χ1v) is 7.68. The van der Waals surface area contributed by atoms with Crippen LogP contribution in [0.3, 0.4) is 0 Å². The van der Waals surface area contributed by atoms with Crippen LogP contribution in [0.1, 0.15) is 16.8 Å². The first kappa shape index (κ1) is 17.6. The van der Waals surface area contributed by atoms with Crippen molar-refractivity contribution in [1.29, 1.82) is 0 Å². The number of benzene rings is 1. The van der Waals surface area contributed by atoms with Gasteiger partial charge in [0, 0.05) is 12.7 Å². The van der Waals surface area contributed by atoms with Crippen LogP contribution in [0.4, 0.5) is 13.2 Å². The van der Waals surface area contributed by atoms with Crippen LogP contribution in [0.15, 0.2) is 49.2 Å². The average Bonchev–Trinajstić information content (AvgIpc) is 3.26. The fraction of sp³-hybridized carbons (Fsp3) is 0.250. The second-order valence-corrected chi connectivity index (χ2v) is 5.58. The summed E-state index contributed by atoms with van der Waals surface area (Å²) in [5.41, 5.74) is 0.882. The van der Waals surface area contributed by atoms with Crippen LogP contribution >= 0.6 is 0 Å². The van der Waals surface area contributed by atoms with Gasteiger partial charge >= 0.3 is 6.18 Å². The van der Waals surface area contributed by atoms with Gasteiger partial charge in [-0.15, -0.1) is 0 Å². The zero-order chi connectivity index (χ0) is 18.6. The van der Waals surface area contributed by atoms with E-state index in [-0.39, 0.29) is 13.1 Å². The Morgan fingerprint density at radius 1 is 1.08 bits per heavy atom. The predicted octanol–water partition coefficient (Wildman–Crippen LogP) is 1.86. The second-order valence-electron chi connectivity index (χ2n) is 5.58. The molecule has 0 atom stereocenters. The summed E-state index contributed by atoms with van der Waals surface area (Å²) < 4.78 is 40.1. The van der Waals surface area contributed by atoms with E-state index in [2.05, 4.69) is 20.5 Å². The molecular formula is C16H15F3N6O. The molecule has 136 valence electrons. The number of nitrogens with zero attached hydrogens (tertiary/aromatic N) is 5. The largest absolute Gasteiger partial charge is 0.435 e. The molecule has 10 heteroatoms. The van der Waals surface area contributed by atoms with Gasteiger partial charge in [-0.2, -0.15) is 23.4 Å². The van der Waals surface area contributed by atoms with Crippen molar-refractivity contribution in [2.45, 2.75) is 25.8 Å². The molecular weight excluding hydrogens is 349 g/mol. The van der Waals surface area contributed by atoms with Crippen molar-refractivity contribution in [1.82, 2.24) is 29.9 Å². The SMILES string of the molecule is O=C(Cn1ccc(C(F)(F)F)n1)NCc1ccc(Cn2cncn2)cc1. The number of hydrogen-bond donors (Lipinski definition) is 1. The van der Waals surface area contributed by atoms with E-state index in [4.69, 9.17) is 0 Å². The van der Waals surface area contributed by atoms with E-state index in [1.54, 1.807) is 11.0 Å². The molecule has 0 saturated heterocycles. The maximum Gasteiger partial charge on any atom is 0.435 e. The second kappa shape index (κ2) is 7.38. The fourth-order valence-electron chi connectivity index (χ4n) is 2.27. The molecule has 0 aliphatic carbocycles. The molecule has 0 bridgehead atoms. The van der Waals surface area contributed by atoms with Crippen LogP contribution in [0, 0.1) is 0 Å². The van der Waals surface area contributed by atoms with Crippen molar-refractivity contribution >= 4 is 5.91 Å². The van der Waals surface area contributed by atoms with Gasteiger partial charge in [-0.3, -0.25) is 9.48 Å². The Bertz CT molecular complexity index is 855. The average molecular weight is 364 g/mol. The lowest BCUT2D eigenvalue weighted by Crippen LogP contribution is -2.27. The number of carbonyl (C=O) groups excluding carboxylic acids is 1. The number of hydrogen-bond acceptors (Lipinski definition) is 4. The lowest BCUT2D eigenvalue weighted by molar-refractivity contribution is -0.141. The van der Waals surface area contributed by atoms with Crippen LogP contribution in [0.25, 0.3) is 0 Å². The lowest BCUT2D eigenvalue weighted by Gasteiger charge is -2.07. The molecule has 26 heavy (non-hydrogen) atoms. The third-order valence-electron chi connectivity index (χ3n) is 3.56. The van der Waals surface area contributed by atoms with Crippen LogP contribution < -0.4 is 5.32 Å². The van der Waals surface area contributed by atoms with Crippen molar-refractivity contribution in [2.75, 3.05) is 0 Å². The molecule has 7 nitrogen and oxygen atoms in total. The van der Waals surface area contributed by atoms with Crippen LogP contribution in [0.5, 0.6) is 0 Å². The fourth-order valence-corrected chi connectivity index (χ4v) is 2.27. The molecule has 0 unspecified atom stereocenters. The summed E-state index contributed by atoms with van der Waals surface area (Å²) in [6, 6.07) is 8.38. The van der Waals surface area contributed by atoms with E-state index < -0.39 is 17.8 Å². The molecule has 0 radical (unpaired) electrons. The summed E-state index contributed by atoms with van der Waals surface area (Å²) in [4.78, 5) is 15.7. The Labute approximate surface area is 146 Å². The molecule has 0 fully saturated rings. The van der Waals surface area contributed by atoms with Gasteiger partial charge in [0.2, 0.25) is 5.91 Å². The summed E-state index contributed by atoms with van der Waals surface area (Å²) in [5, 5.41) is 10.0. The Hall–Kier alpha value is -3.17. The highest BCUT2D eigenvalue weighted by Gasteiger charge is 2.33. The van der Waals surface area contributed by atoms with Gasteiger partial charge in [0.05, 0.1) is 6.54 Å². The molecule has 1 amide bonds. The van der Waals surface area contributed by atoms with Crippen LogP contribution in [0.2, 0.25) is 0 Å². The number of rotatable bonds is 6. The molecule has 3 aromatic rings. The third-order valence-corrected chi connectivity index (χ3v) is 3.56. The van der Waals surface area contributed by atoms with Gasteiger partial charge in [-0.1, -0.05) is 24.3 Å². The summed E-state index contributed by atoms with van der Waals surface area (Å²) in [7, 11) is 0. The normalized spacial score (nSPS) is 11.5. The maximum atomic E-state index is 12.5. The monoisotopic (exact) mass is 364 g/mol. The minimum Gasteiger partial charge on any atom is -0.350 e. The maximum absolute atomic E-state index is 12.5. The zero-order valence-corrected chi connectivity index (χ0v) is 13.5. The standard InChI is InChI=1S/C16H15F3N6O/c17-16(18,19)14-5-6-24(23-14)9-15(26)21-7-12-1-3-13(4-2-12)8-25-11-20-10-22-25/h1-6,10-11H,7-9H2,(H,21,26). The van der Waals surface area contributed by atoms with E-state index >= 15 is 0 Å². The zero-order valence-electron chi connectivity index (χ0n) is 13.5. The van der Waals surface area contributed by atoms with E-state index in [0.29, 0.717) is 6.54 Å². The quantitative estimate of drug-likeness (QED) is 0.724. The smallest absolute Gasteiger partial charge is 0.350 e. The number of alkyl halides is 3. The number of aromatic nitrogens is 5. The van der Waals surface area contributed by atoms with E-state index in [1.807, 2.05) is 24.3 Å². The topological polar surface area (TPSA) is 77.6 Å². The Morgan fingerprint density at radius 2 is 1.81 bits per heavy atom. The highest BCUT2D eigenvalue weighted by Crippen LogP contribution is 2.27. The Morgan fingerprint density at radius 3 is 2.42 bits per heavy atom. The summed E-state index contributed by atoms with van der Waals surface area (Å²) in [5.74, 6) is -0.423. The van der Waals surface area contributed by atoms with Gasteiger partial charge in [0.1, 0.15) is 19.2 Å². The molecule has 1 aromatic carbocycles. The van der Waals surface area contributed by atoms with E-state index in [9.17, 15) is 18.0 Å². The number of nitrogens with one attached hydrogen (secondary N) is 1. The molecule has 0 saturated carbocycles. The van der Waals surface area contributed by atoms with Crippen molar-refractivity contribution < 1.29 is 18.0 Å². The van der Waals surface area contributed by atoms with E-state index in [1.165, 1.54) is 6.33 Å². The molecule has 0 aliphatic rings. The molecule has 2 heterocycles. The van der Waals surface area contributed by atoms with Gasteiger partial charge in [-0.25, -0.2) is 9.67 Å². The first-order valence-electron chi connectivity index (χ1n) is 7.68. The van der Waals surface area contributed by atoms with Gasteiger partial charge in [0.15, 0.2) is 5.69 Å². The highest BCUT2D eigenvalue weighted by atomic mass is 19.4. The third kappa shape index (κ3) is 4.68. The Kier molecular flexibility index (Phi) is 5.01. The summed E-state index contributed by atoms with van der Waals surface area (Å²) >= 11 is 0. The lowest BCUT2D eigenvalue weighted by atomic mass is 10.1. The van der Waals surface area contributed by atoms with Crippen molar-refractivity contribution in [3.8, 4) is 0 Å².